The second-order valence-electron chi connectivity index (χ2n) is 10.4. The molecule has 5 nitrogen and oxygen atoms in total. The number of nitrogens with zero attached hydrogens (tertiary/aromatic N) is 5. The summed E-state index contributed by atoms with van der Waals surface area (Å²) in [5, 5.41) is 0. The van der Waals surface area contributed by atoms with Gasteiger partial charge >= 0.3 is 0 Å². The van der Waals surface area contributed by atoms with E-state index in [0.29, 0.717) is 11.8 Å². The minimum Gasteiger partial charge on any atom is -0.232 e. The fourth-order valence-electron chi connectivity index (χ4n) is 4.63. The second kappa shape index (κ2) is 9.12. The van der Waals surface area contributed by atoms with E-state index >= 15 is 0 Å². The fourth-order valence-corrected chi connectivity index (χ4v) is 4.63. The molecule has 0 N–H and O–H groups in total. The van der Waals surface area contributed by atoms with Crippen LogP contribution in [-0.4, -0.2) is 19.9 Å². The van der Waals surface area contributed by atoms with Crippen LogP contribution in [0, 0.1) is 32.6 Å². The lowest BCUT2D eigenvalue weighted by Gasteiger charge is -2.14. The minimum absolute atomic E-state index is 0.502. The summed E-state index contributed by atoms with van der Waals surface area (Å²) < 4.78 is 2.15. The molecule has 172 valence electrons. The molecule has 2 aromatic heterocycles. The van der Waals surface area contributed by atoms with Crippen LogP contribution in [0.3, 0.4) is 0 Å². The van der Waals surface area contributed by atoms with Gasteiger partial charge in [0.2, 0.25) is 0 Å². The molecule has 4 rings (SSSR count). The summed E-state index contributed by atoms with van der Waals surface area (Å²) in [5.74, 6) is 3.60. The first-order valence-electron chi connectivity index (χ1n) is 12.0. The topological polar surface area (TPSA) is 55.4 Å². The van der Waals surface area contributed by atoms with Crippen LogP contribution in [0.2, 0.25) is 0 Å². The Kier molecular flexibility index (Phi) is 6.42. The van der Waals surface area contributed by atoms with Crippen molar-refractivity contribution in [3.05, 3.63) is 63.9 Å². The van der Waals surface area contributed by atoms with Gasteiger partial charge in [0.15, 0.2) is 11.5 Å². The Balaban J connectivity index is 1.78. The van der Waals surface area contributed by atoms with E-state index in [1.807, 2.05) is 6.33 Å². The Morgan fingerprint density at radius 1 is 0.909 bits per heavy atom. The summed E-state index contributed by atoms with van der Waals surface area (Å²) in [4.78, 5) is 19.3. The van der Waals surface area contributed by atoms with Crippen molar-refractivity contribution in [2.75, 3.05) is 0 Å². The number of rotatable bonds is 6. The molecule has 2 heterocycles. The van der Waals surface area contributed by atoms with Crippen LogP contribution < -0.4 is 4.57 Å². The zero-order chi connectivity index (χ0) is 23.9. The number of benzene rings is 1. The zero-order valence-electron chi connectivity index (χ0n) is 21.3. The standard InChI is InChI=1S/C28H36N5/c1-16(2)9-25-30-26(10-17(3)4)32-28(31-25)21-13-23-24(14-21)29-15-33(8)27(23)22-12-18(5)11-19(6)20(22)7/h11-12,14-17H,9-10,13H2,1-8H3/q+1. The van der Waals surface area contributed by atoms with Crippen LogP contribution in [0.5, 0.6) is 0 Å². The van der Waals surface area contributed by atoms with Crippen molar-refractivity contribution in [3.63, 3.8) is 0 Å². The molecule has 1 aliphatic carbocycles. The van der Waals surface area contributed by atoms with Crippen LogP contribution in [0.1, 0.15) is 73.1 Å². The summed E-state index contributed by atoms with van der Waals surface area (Å²) in [5.41, 5.74) is 9.82. The molecular formula is C28H36N5+. The minimum atomic E-state index is 0.502. The van der Waals surface area contributed by atoms with Gasteiger partial charge in [-0.05, 0) is 60.9 Å². The van der Waals surface area contributed by atoms with E-state index in [-0.39, 0.29) is 0 Å². The first-order chi connectivity index (χ1) is 15.6. The quantitative estimate of drug-likeness (QED) is 0.494. The van der Waals surface area contributed by atoms with Gasteiger partial charge < -0.3 is 0 Å². The maximum Gasteiger partial charge on any atom is 0.287 e. The molecule has 0 bridgehead atoms. The van der Waals surface area contributed by atoms with Crippen molar-refractivity contribution < 1.29 is 4.57 Å². The molecular weight excluding hydrogens is 406 g/mol. The molecule has 3 aromatic rings. The lowest BCUT2D eigenvalue weighted by Crippen LogP contribution is -2.33. The average molecular weight is 443 g/mol. The van der Waals surface area contributed by atoms with E-state index in [1.165, 1.54) is 33.5 Å². The average Bonchev–Trinajstić information content (AvgIpc) is 3.14. The zero-order valence-corrected chi connectivity index (χ0v) is 21.3. The van der Waals surface area contributed by atoms with Crippen LogP contribution in [0.4, 0.5) is 0 Å². The second-order valence-corrected chi connectivity index (χ2v) is 10.4. The van der Waals surface area contributed by atoms with Crippen LogP contribution in [0.25, 0.3) is 22.9 Å². The Morgan fingerprint density at radius 3 is 2.15 bits per heavy atom. The molecule has 0 amide bonds. The van der Waals surface area contributed by atoms with Gasteiger partial charge in [0, 0.05) is 30.4 Å². The first-order valence-corrected chi connectivity index (χ1v) is 12.0. The molecule has 0 radical (unpaired) electrons. The number of fused-ring (bicyclic) bond motifs is 1. The van der Waals surface area contributed by atoms with Crippen molar-refractivity contribution in [2.24, 2.45) is 18.9 Å². The molecule has 33 heavy (non-hydrogen) atoms. The predicted octanol–water partition coefficient (Wildman–Crippen LogP) is 5.18. The highest BCUT2D eigenvalue weighted by Crippen LogP contribution is 2.36. The Morgan fingerprint density at radius 2 is 1.55 bits per heavy atom. The van der Waals surface area contributed by atoms with Crippen molar-refractivity contribution in [1.82, 2.24) is 19.9 Å². The van der Waals surface area contributed by atoms with Gasteiger partial charge in [-0.25, -0.2) is 19.5 Å². The molecule has 0 aliphatic heterocycles. The molecule has 0 unspecified atom stereocenters. The van der Waals surface area contributed by atoms with E-state index < -0.39 is 0 Å². The lowest BCUT2D eigenvalue weighted by molar-refractivity contribution is -0.663. The number of allylic oxidation sites excluding steroid dienone is 1. The van der Waals surface area contributed by atoms with E-state index in [4.69, 9.17) is 19.9 Å². The number of hydrogen-bond acceptors (Lipinski definition) is 4. The third-order valence-corrected chi connectivity index (χ3v) is 6.26. The molecule has 0 saturated carbocycles. The number of aryl methyl sites for hydroxylation is 3. The fraction of sp³-hybridized carbons (Fsp3) is 0.464. The summed E-state index contributed by atoms with van der Waals surface area (Å²) >= 11 is 0. The van der Waals surface area contributed by atoms with Crippen LogP contribution >= 0.6 is 0 Å². The molecule has 0 spiro atoms. The Bertz CT molecular complexity index is 1210. The summed E-state index contributed by atoms with van der Waals surface area (Å²) in [7, 11) is 2.09. The van der Waals surface area contributed by atoms with Crippen molar-refractivity contribution in [3.8, 4) is 11.3 Å². The van der Waals surface area contributed by atoms with E-state index in [1.54, 1.807) is 0 Å². The summed E-state index contributed by atoms with van der Waals surface area (Å²) in [6, 6.07) is 4.54. The normalized spacial score (nSPS) is 13.1. The van der Waals surface area contributed by atoms with Gasteiger partial charge in [0.05, 0.1) is 12.6 Å². The summed E-state index contributed by atoms with van der Waals surface area (Å²) in [6.07, 6.45) is 6.60. The van der Waals surface area contributed by atoms with Gasteiger partial charge in [0.25, 0.3) is 6.33 Å². The maximum absolute atomic E-state index is 4.89. The monoisotopic (exact) mass is 442 g/mol. The highest BCUT2D eigenvalue weighted by molar-refractivity contribution is 5.88. The highest BCUT2D eigenvalue weighted by atomic mass is 15.0. The third-order valence-electron chi connectivity index (χ3n) is 6.26. The lowest BCUT2D eigenvalue weighted by atomic mass is 9.94. The van der Waals surface area contributed by atoms with E-state index in [0.717, 1.165) is 48.0 Å². The molecule has 1 aliphatic rings. The first kappa shape index (κ1) is 23.2. The SMILES string of the molecule is Cc1cc(C)c(C)c(-c2c3c(nc[n+]2C)C=C(c2nc(CC(C)C)nc(CC(C)C)n2)C3)c1. The van der Waals surface area contributed by atoms with Crippen LogP contribution in [0.15, 0.2) is 18.5 Å². The molecule has 5 heteroatoms. The Labute approximate surface area is 198 Å². The van der Waals surface area contributed by atoms with Gasteiger partial charge in [-0.15, -0.1) is 0 Å². The molecule has 0 saturated heterocycles. The molecule has 0 atom stereocenters. The summed E-state index contributed by atoms with van der Waals surface area (Å²) in [6.45, 7) is 15.4. The van der Waals surface area contributed by atoms with Gasteiger partial charge in [-0.2, -0.15) is 0 Å². The number of hydrogen-bond donors (Lipinski definition) is 0. The smallest absolute Gasteiger partial charge is 0.232 e. The molecule has 1 aromatic carbocycles. The van der Waals surface area contributed by atoms with E-state index in [2.05, 4.69) is 78.3 Å². The van der Waals surface area contributed by atoms with E-state index in [9.17, 15) is 0 Å². The van der Waals surface area contributed by atoms with Gasteiger partial charge in [-0.3, -0.25) is 0 Å². The number of aromatic nitrogens is 5. The predicted molar refractivity (Wildman–Crippen MR) is 134 cm³/mol. The molecule has 0 fully saturated rings. The largest absolute Gasteiger partial charge is 0.287 e. The maximum atomic E-state index is 4.89. The van der Waals surface area contributed by atoms with Crippen molar-refractivity contribution in [1.29, 1.82) is 0 Å². The van der Waals surface area contributed by atoms with Crippen LogP contribution in [-0.2, 0) is 26.3 Å². The third kappa shape index (κ3) is 4.87. The van der Waals surface area contributed by atoms with Crippen molar-refractivity contribution in [2.45, 2.75) is 67.7 Å². The van der Waals surface area contributed by atoms with Gasteiger partial charge in [0.1, 0.15) is 17.3 Å². The van der Waals surface area contributed by atoms with Crippen molar-refractivity contribution >= 4 is 11.6 Å². The Hall–Kier alpha value is -2.95. The van der Waals surface area contributed by atoms with Gasteiger partial charge in [-0.1, -0.05) is 39.3 Å². The highest BCUT2D eigenvalue weighted by Gasteiger charge is 2.29.